The van der Waals surface area contributed by atoms with E-state index in [1.165, 1.54) is 16.8 Å². The van der Waals surface area contributed by atoms with Crippen molar-refractivity contribution in [3.63, 3.8) is 0 Å². The molecular weight excluding hydrogens is 296 g/mol. The van der Waals surface area contributed by atoms with Crippen LogP contribution in [-0.2, 0) is 0 Å². The first-order chi connectivity index (χ1) is 11.7. The number of nitrogens with zero attached hydrogens (tertiary/aromatic N) is 4. The molecule has 0 fully saturated rings. The Morgan fingerprint density at radius 2 is 1.58 bits per heavy atom. The summed E-state index contributed by atoms with van der Waals surface area (Å²) in [5, 5.41) is 4.38. The van der Waals surface area contributed by atoms with Crippen LogP contribution in [0.25, 0.3) is 28.0 Å². The molecule has 0 aliphatic rings. The molecule has 0 atom stereocenters. The predicted molar refractivity (Wildman–Crippen MR) is 98.2 cm³/mol. The van der Waals surface area contributed by atoms with E-state index < -0.39 is 0 Å². The quantitative estimate of drug-likeness (QED) is 0.570. The van der Waals surface area contributed by atoms with Gasteiger partial charge in [0.05, 0.1) is 11.9 Å². The molecule has 118 valence electrons. The maximum Gasteiger partial charge on any atom is 0.155 e. The van der Waals surface area contributed by atoms with Gasteiger partial charge in [0, 0.05) is 37.6 Å². The average Bonchev–Trinajstić information content (AvgIpc) is 3.10. The lowest BCUT2D eigenvalue weighted by atomic mass is 10.0. The summed E-state index contributed by atoms with van der Waals surface area (Å²) < 4.78 is 1.87. The Balaban J connectivity index is 1.78. The van der Waals surface area contributed by atoms with E-state index in [-0.39, 0.29) is 0 Å². The number of hydrogen-bond donors (Lipinski definition) is 0. The molecule has 0 unspecified atom stereocenters. The van der Waals surface area contributed by atoms with Crippen molar-refractivity contribution >= 4 is 11.3 Å². The van der Waals surface area contributed by atoms with Crippen LogP contribution in [0.15, 0.2) is 73.1 Å². The van der Waals surface area contributed by atoms with Gasteiger partial charge in [-0.05, 0) is 35.4 Å². The summed E-state index contributed by atoms with van der Waals surface area (Å²) in [6.45, 7) is 0. The first-order valence-corrected chi connectivity index (χ1v) is 7.89. The molecule has 4 rings (SSSR count). The van der Waals surface area contributed by atoms with Crippen molar-refractivity contribution in [1.82, 2.24) is 14.6 Å². The molecule has 0 saturated carbocycles. The minimum absolute atomic E-state index is 0.855. The third-order valence-electron chi connectivity index (χ3n) is 4.17. The second-order valence-corrected chi connectivity index (χ2v) is 5.95. The van der Waals surface area contributed by atoms with Crippen LogP contribution in [0.2, 0.25) is 0 Å². The third kappa shape index (κ3) is 2.52. The molecule has 0 aliphatic carbocycles. The van der Waals surface area contributed by atoms with Crippen molar-refractivity contribution in [1.29, 1.82) is 0 Å². The molecule has 0 saturated heterocycles. The van der Waals surface area contributed by atoms with E-state index in [4.69, 9.17) is 0 Å². The smallest absolute Gasteiger partial charge is 0.155 e. The highest BCUT2D eigenvalue weighted by Gasteiger charge is 2.07. The second-order valence-electron chi connectivity index (χ2n) is 5.95. The molecule has 0 N–H and O–H groups in total. The van der Waals surface area contributed by atoms with Gasteiger partial charge in [-0.2, -0.15) is 5.10 Å². The molecule has 24 heavy (non-hydrogen) atoms. The van der Waals surface area contributed by atoms with Gasteiger partial charge < -0.3 is 4.90 Å². The second kappa shape index (κ2) is 5.81. The zero-order valence-corrected chi connectivity index (χ0v) is 13.7. The van der Waals surface area contributed by atoms with Gasteiger partial charge in [0.15, 0.2) is 5.65 Å². The highest BCUT2D eigenvalue weighted by atomic mass is 15.2. The van der Waals surface area contributed by atoms with Crippen molar-refractivity contribution in [2.24, 2.45) is 0 Å². The lowest BCUT2D eigenvalue weighted by Gasteiger charge is -2.13. The zero-order chi connectivity index (χ0) is 16.5. The fourth-order valence-electron chi connectivity index (χ4n) is 2.86. The van der Waals surface area contributed by atoms with E-state index in [0.29, 0.717) is 0 Å². The zero-order valence-electron chi connectivity index (χ0n) is 13.7. The summed E-state index contributed by atoms with van der Waals surface area (Å²) in [4.78, 5) is 6.43. The highest BCUT2D eigenvalue weighted by molar-refractivity contribution is 5.73. The number of hydrogen-bond acceptors (Lipinski definition) is 3. The predicted octanol–water partition coefficient (Wildman–Crippen LogP) is 4.13. The van der Waals surface area contributed by atoms with Crippen molar-refractivity contribution < 1.29 is 0 Å². The maximum absolute atomic E-state index is 4.38. The fourth-order valence-corrected chi connectivity index (χ4v) is 2.86. The first-order valence-electron chi connectivity index (χ1n) is 7.89. The largest absolute Gasteiger partial charge is 0.378 e. The number of fused-ring (bicyclic) bond motifs is 1. The molecule has 0 spiro atoms. The van der Waals surface area contributed by atoms with E-state index in [1.807, 2.05) is 22.8 Å². The van der Waals surface area contributed by atoms with Crippen LogP contribution in [-0.4, -0.2) is 28.7 Å². The Hall–Kier alpha value is -3.14. The Bertz CT molecular complexity index is 984. The SMILES string of the molecule is CN(C)c1ccc(-c2cccc(-c3ccnc4ccnn34)c2)cc1. The molecule has 4 heteroatoms. The van der Waals surface area contributed by atoms with Crippen LogP contribution in [0.4, 0.5) is 5.69 Å². The van der Waals surface area contributed by atoms with E-state index >= 15 is 0 Å². The van der Waals surface area contributed by atoms with Crippen LogP contribution in [0, 0.1) is 0 Å². The minimum atomic E-state index is 0.855. The van der Waals surface area contributed by atoms with Gasteiger partial charge in [-0.1, -0.05) is 30.3 Å². The van der Waals surface area contributed by atoms with Gasteiger partial charge in [0.1, 0.15) is 0 Å². The molecule has 2 aromatic carbocycles. The van der Waals surface area contributed by atoms with Gasteiger partial charge in [0.2, 0.25) is 0 Å². The highest BCUT2D eigenvalue weighted by Crippen LogP contribution is 2.27. The molecule has 2 heterocycles. The van der Waals surface area contributed by atoms with Gasteiger partial charge in [-0.25, -0.2) is 9.50 Å². The fraction of sp³-hybridized carbons (Fsp3) is 0.100. The molecule has 0 aliphatic heterocycles. The number of benzene rings is 2. The molecule has 2 aromatic heterocycles. The number of rotatable bonds is 3. The molecule has 0 radical (unpaired) electrons. The lowest BCUT2D eigenvalue weighted by molar-refractivity contribution is 0.948. The summed E-state index contributed by atoms with van der Waals surface area (Å²) >= 11 is 0. The third-order valence-corrected chi connectivity index (χ3v) is 4.17. The summed E-state index contributed by atoms with van der Waals surface area (Å²) in [6.07, 6.45) is 3.60. The Morgan fingerprint density at radius 3 is 2.38 bits per heavy atom. The summed E-state index contributed by atoms with van der Waals surface area (Å²) in [6, 6.07) is 21.0. The van der Waals surface area contributed by atoms with E-state index in [1.54, 1.807) is 6.20 Å². The van der Waals surface area contributed by atoms with Crippen LogP contribution < -0.4 is 4.90 Å². The van der Waals surface area contributed by atoms with Crippen molar-refractivity contribution in [3.8, 4) is 22.4 Å². The van der Waals surface area contributed by atoms with Gasteiger partial charge in [-0.3, -0.25) is 0 Å². The first kappa shape index (κ1) is 14.5. The van der Waals surface area contributed by atoms with E-state index in [9.17, 15) is 0 Å². The lowest BCUT2D eigenvalue weighted by Crippen LogP contribution is -2.07. The number of anilines is 1. The number of aromatic nitrogens is 3. The molecule has 0 amide bonds. The molecule has 4 aromatic rings. The average molecular weight is 314 g/mol. The van der Waals surface area contributed by atoms with Crippen LogP contribution in [0.3, 0.4) is 0 Å². The van der Waals surface area contributed by atoms with Crippen molar-refractivity contribution in [2.45, 2.75) is 0 Å². The molecule has 0 bridgehead atoms. The van der Waals surface area contributed by atoms with E-state index in [2.05, 4.69) is 77.6 Å². The van der Waals surface area contributed by atoms with Crippen LogP contribution >= 0.6 is 0 Å². The maximum atomic E-state index is 4.38. The van der Waals surface area contributed by atoms with Crippen molar-refractivity contribution in [2.75, 3.05) is 19.0 Å². The van der Waals surface area contributed by atoms with Gasteiger partial charge in [0.25, 0.3) is 0 Å². The Morgan fingerprint density at radius 1 is 0.792 bits per heavy atom. The van der Waals surface area contributed by atoms with Crippen LogP contribution in [0.1, 0.15) is 0 Å². The van der Waals surface area contributed by atoms with E-state index in [0.717, 1.165) is 16.9 Å². The summed E-state index contributed by atoms with van der Waals surface area (Å²) in [5.74, 6) is 0. The minimum Gasteiger partial charge on any atom is -0.378 e. The summed E-state index contributed by atoms with van der Waals surface area (Å²) in [7, 11) is 4.10. The normalized spacial score (nSPS) is 10.9. The van der Waals surface area contributed by atoms with Gasteiger partial charge >= 0.3 is 0 Å². The molecule has 4 nitrogen and oxygen atoms in total. The van der Waals surface area contributed by atoms with Gasteiger partial charge in [-0.15, -0.1) is 0 Å². The molecular formula is C20H18N4. The summed E-state index contributed by atoms with van der Waals surface area (Å²) in [5.41, 5.74) is 6.61. The van der Waals surface area contributed by atoms with Crippen LogP contribution in [0.5, 0.6) is 0 Å². The standard InChI is InChI=1S/C20H18N4/c1-23(2)18-8-6-15(7-9-18)16-4-3-5-17(14-16)19-10-12-21-20-11-13-22-24(19)20/h3-14H,1-2H3. The van der Waals surface area contributed by atoms with Crippen molar-refractivity contribution in [3.05, 3.63) is 73.1 Å². The Labute approximate surface area is 141 Å². The monoisotopic (exact) mass is 314 g/mol. The Kier molecular flexibility index (Phi) is 3.50. The topological polar surface area (TPSA) is 33.4 Å².